The fraction of sp³-hybridized carbons (Fsp3) is 0.222. The molecule has 0 bridgehead atoms. The Bertz CT molecular complexity index is 532. The van der Waals surface area contributed by atoms with Crippen LogP contribution in [0.2, 0.25) is 5.02 Å². The molecule has 0 aromatic heterocycles. The van der Waals surface area contributed by atoms with Gasteiger partial charge in [0, 0.05) is 4.47 Å². The highest BCUT2D eigenvalue weighted by molar-refractivity contribution is 9.10. The van der Waals surface area contributed by atoms with Gasteiger partial charge in [-0.3, -0.25) is 9.52 Å². The molecule has 1 aromatic carbocycles. The monoisotopic (exact) mass is 341 g/mol. The van der Waals surface area contributed by atoms with E-state index in [0.29, 0.717) is 4.47 Å². The number of carbonyl (C=O) groups excluding carboxylic acids is 1. The highest BCUT2D eigenvalue weighted by Gasteiger charge is 2.18. The Morgan fingerprint density at radius 2 is 2.18 bits per heavy atom. The maximum absolute atomic E-state index is 11.5. The summed E-state index contributed by atoms with van der Waals surface area (Å²) in [6.07, 6.45) is 0. The molecule has 0 aliphatic rings. The summed E-state index contributed by atoms with van der Waals surface area (Å²) in [5.41, 5.74) is 0.199. The summed E-state index contributed by atoms with van der Waals surface area (Å²) in [4.78, 5) is 10.9. The number of ether oxygens (including phenoxy) is 1. The van der Waals surface area contributed by atoms with Crippen molar-refractivity contribution < 1.29 is 17.9 Å². The lowest BCUT2D eigenvalue weighted by Gasteiger charge is -2.08. The minimum atomic E-state index is -3.82. The minimum Gasteiger partial charge on any atom is -0.468 e. The molecule has 1 aromatic rings. The van der Waals surface area contributed by atoms with Crippen LogP contribution in [0.3, 0.4) is 0 Å². The third kappa shape index (κ3) is 4.53. The van der Waals surface area contributed by atoms with Crippen LogP contribution in [0.15, 0.2) is 22.7 Å². The summed E-state index contributed by atoms with van der Waals surface area (Å²) in [5, 5.41) is 0.238. The van der Waals surface area contributed by atoms with Crippen molar-refractivity contribution in [3.05, 3.63) is 27.7 Å². The van der Waals surface area contributed by atoms with E-state index in [2.05, 4.69) is 25.4 Å². The first-order valence-electron chi connectivity index (χ1n) is 4.36. The number of benzene rings is 1. The smallest absolute Gasteiger partial charge is 0.322 e. The zero-order valence-corrected chi connectivity index (χ0v) is 11.9. The molecule has 0 aliphatic carbocycles. The maximum atomic E-state index is 11.5. The predicted octanol–water partition coefficient (Wildman–Crippen LogP) is 2.02. The lowest BCUT2D eigenvalue weighted by atomic mass is 10.3. The molecule has 94 valence electrons. The molecule has 0 atom stereocenters. The van der Waals surface area contributed by atoms with E-state index in [1.807, 2.05) is 0 Å². The summed E-state index contributed by atoms with van der Waals surface area (Å²) in [7, 11) is -2.70. The minimum absolute atomic E-state index is 0.199. The molecule has 5 nitrogen and oxygen atoms in total. The first-order valence-corrected chi connectivity index (χ1v) is 7.19. The number of hydrogen-bond acceptors (Lipinski definition) is 4. The predicted molar refractivity (Wildman–Crippen MR) is 68.6 cm³/mol. The molecule has 0 aliphatic heterocycles. The molecule has 1 rings (SSSR count). The SMILES string of the molecule is COC(=O)CS(=O)(=O)Nc1cc(Br)ccc1Cl. The summed E-state index contributed by atoms with van der Waals surface area (Å²) < 4.78 is 30.2. The van der Waals surface area contributed by atoms with Gasteiger partial charge in [0.25, 0.3) is 0 Å². The van der Waals surface area contributed by atoms with Crippen molar-refractivity contribution in [2.24, 2.45) is 0 Å². The van der Waals surface area contributed by atoms with E-state index >= 15 is 0 Å². The van der Waals surface area contributed by atoms with E-state index in [0.717, 1.165) is 7.11 Å². The Labute approximate surface area is 112 Å². The number of methoxy groups -OCH3 is 1. The number of esters is 1. The van der Waals surface area contributed by atoms with Crippen LogP contribution in [-0.4, -0.2) is 27.2 Å². The van der Waals surface area contributed by atoms with Crippen molar-refractivity contribution in [1.82, 2.24) is 0 Å². The molecule has 0 heterocycles. The van der Waals surface area contributed by atoms with Crippen LogP contribution in [0.4, 0.5) is 5.69 Å². The van der Waals surface area contributed by atoms with Gasteiger partial charge in [0.15, 0.2) is 5.75 Å². The third-order valence-electron chi connectivity index (χ3n) is 1.73. The summed E-state index contributed by atoms with van der Waals surface area (Å²) in [6.45, 7) is 0. The third-order valence-corrected chi connectivity index (χ3v) is 3.70. The molecule has 0 radical (unpaired) electrons. The van der Waals surface area contributed by atoms with E-state index < -0.39 is 21.7 Å². The van der Waals surface area contributed by atoms with Crippen molar-refractivity contribution in [2.45, 2.75) is 0 Å². The number of sulfonamides is 1. The molecule has 8 heteroatoms. The molecule has 0 fully saturated rings. The molecule has 0 spiro atoms. The van der Waals surface area contributed by atoms with Gasteiger partial charge in [0.2, 0.25) is 10.0 Å². The van der Waals surface area contributed by atoms with E-state index in [4.69, 9.17) is 11.6 Å². The lowest BCUT2D eigenvalue weighted by molar-refractivity contribution is -0.137. The van der Waals surface area contributed by atoms with Crippen LogP contribution in [0, 0.1) is 0 Å². The van der Waals surface area contributed by atoms with Crippen molar-refractivity contribution >= 4 is 49.2 Å². The molecular weight excluding hydrogens is 334 g/mol. The van der Waals surface area contributed by atoms with Gasteiger partial charge in [-0.25, -0.2) is 8.42 Å². The second kappa shape index (κ2) is 5.70. The number of rotatable bonds is 4. The van der Waals surface area contributed by atoms with Gasteiger partial charge in [-0.2, -0.15) is 0 Å². The van der Waals surface area contributed by atoms with Crippen LogP contribution in [0.1, 0.15) is 0 Å². The normalized spacial score (nSPS) is 11.0. The van der Waals surface area contributed by atoms with Gasteiger partial charge in [-0.1, -0.05) is 27.5 Å². The summed E-state index contributed by atoms with van der Waals surface area (Å²) >= 11 is 8.99. The van der Waals surface area contributed by atoms with Crippen molar-refractivity contribution in [1.29, 1.82) is 0 Å². The Hall–Kier alpha value is -0.790. The van der Waals surface area contributed by atoms with Gasteiger partial charge >= 0.3 is 5.97 Å². The Balaban J connectivity index is 2.90. The first kappa shape index (κ1) is 14.3. The molecular formula is C9H9BrClNO4S. The van der Waals surface area contributed by atoms with Gasteiger partial charge in [0.05, 0.1) is 17.8 Å². The highest BCUT2D eigenvalue weighted by Crippen LogP contribution is 2.26. The summed E-state index contributed by atoms with van der Waals surface area (Å²) in [6, 6.07) is 4.69. The second-order valence-electron chi connectivity index (χ2n) is 3.06. The van der Waals surface area contributed by atoms with Crippen LogP contribution in [0.25, 0.3) is 0 Å². The van der Waals surface area contributed by atoms with Crippen molar-refractivity contribution in [3.8, 4) is 0 Å². The summed E-state index contributed by atoms with van der Waals surface area (Å²) in [5.74, 6) is -1.60. The largest absolute Gasteiger partial charge is 0.468 e. The molecule has 0 saturated heterocycles. The average molecular weight is 343 g/mol. The molecule has 0 saturated carbocycles. The highest BCUT2D eigenvalue weighted by atomic mass is 79.9. The Morgan fingerprint density at radius 1 is 1.53 bits per heavy atom. The number of halogens is 2. The van der Waals surface area contributed by atoms with E-state index in [1.54, 1.807) is 6.07 Å². The molecule has 1 N–H and O–H groups in total. The van der Waals surface area contributed by atoms with E-state index in [1.165, 1.54) is 12.1 Å². The number of nitrogens with one attached hydrogen (secondary N) is 1. The van der Waals surface area contributed by atoms with E-state index in [9.17, 15) is 13.2 Å². The van der Waals surface area contributed by atoms with Gasteiger partial charge in [0.1, 0.15) is 0 Å². The average Bonchev–Trinajstić information content (AvgIpc) is 2.22. The standard InChI is InChI=1S/C9H9BrClNO4S/c1-16-9(13)5-17(14,15)12-8-4-6(10)2-3-7(8)11/h2-4,12H,5H2,1H3. The van der Waals surface area contributed by atoms with Crippen LogP contribution in [-0.2, 0) is 19.6 Å². The quantitative estimate of drug-likeness (QED) is 0.850. The number of hydrogen-bond donors (Lipinski definition) is 1. The zero-order valence-electron chi connectivity index (χ0n) is 8.74. The van der Waals surface area contributed by atoms with Gasteiger partial charge in [-0.05, 0) is 18.2 Å². The number of anilines is 1. The Kier molecular flexibility index (Phi) is 4.79. The molecule has 17 heavy (non-hydrogen) atoms. The van der Waals surface area contributed by atoms with Crippen LogP contribution < -0.4 is 4.72 Å². The lowest BCUT2D eigenvalue weighted by Crippen LogP contribution is -2.23. The maximum Gasteiger partial charge on any atom is 0.322 e. The second-order valence-corrected chi connectivity index (χ2v) is 6.11. The topological polar surface area (TPSA) is 72.5 Å². The fourth-order valence-electron chi connectivity index (χ4n) is 0.993. The first-order chi connectivity index (χ1) is 7.84. The number of carbonyl (C=O) groups is 1. The van der Waals surface area contributed by atoms with E-state index in [-0.39, 0.29) is 10.7 Å². The Morgan fingerprint density at radius 3 is 2.76 bits per heavy atom. The van der Waals surface area contributed by atoms with Crippen LogP contribution in [0.5, 0.6) is 0 Å². The van der Waals surface area contributed by atoms with Gasteiger partial charge < -0.3 is 4.74 Å². The zero-order chi connectivity index (χ0) is 13.1. The fourth-order valence-corrected chi connectivity index (χ4v) is 2.58. The molecule has 0 amide bonds. The van der Waals surface area contributed by atoms with Crippen molar-refractivity contribution in [2.75, 3.05) is 17.6 Å². The van der Waals surface area contributed by atoms with Crippen LogP contribution >= 0.6 is 27.5 Å². The molecule has 0 unspecified atom stereocenters. The van der Waals surface area contributed by atoms with Crippen molar-refractivity contribution in [3.63, 3.8) is 0 Å². The van der Waals surface area contributed by atoms with Gasteiger partial charge in [-0.15, -0.1) is 0 Å².